The second-order valence-corrected chi connectivity index (χ2v) is 7.09. The Bertz CT molecular complexity index is 642. The van der Waals surface area contributed by atoms with Gasteiger partial charge in [0.25, 0.3) is 0 Å². The van der Waals surface area contributed by atoms with Gasteiger partial charge in [-0.2, -0.15) is 0 Å². The van der Waals surface area contributed by atoms with E-state index in [2.05, 4.69) is 6.92 Å². The second kappa shape index (κ2) is 9.14. The van der Waals surface area contributed by atoms with E-state index < -0.39 is 5.56 Å². The van der Waals surface area contributed by atoms with E-state index in [0.29, 0.717) is 22.8 Å². The molecule has 0 saturated heterocycles. The summed E-state index contributed by atoms with van der Waals surface area (Å²) in [6, 6.07) is 5.51. The van der Waals surface area contributed by atoms with Crippen molar-refractivity contribution in [3.8, 4) is 11.5 Å². The molecule has 0 radical (unpaired) electrons. The van der Waals surface area contributed by atoms with Crippen molar-refractivity contribution >= 4 is 39.0 Å². The Kier molecular flexibility index (Phi) is 7.18. The number of methoxy groups -OCH3 is 2. The number of ether oxygens (including phenoxy) is 3. The lowest BCUT2D eigenvalue weighted by molar-refractivity contribution is 0.0439. The molecule has 4 nitrogen and oxygen atoms in total. The Morgan fingerprint density at radius 3 is 2.50 bits per heavy atom. The summed E-state index contributed by atoms with van der Waals surface area (Å²) < 4.78 is 16.8. The highest BCUT2D eigenvalue weighted by atomic mass is 35.5. The summed E-state index contributed by atoms with van der Waals surface area (Å²) >= 11 is 7.48. The number of thiophene rings is 1. The first-order valence-corrected chi connectivity index (χ1v) is 9.35. The van der Waals surface area contributed by atoms with Gasteiger partial charge >= 0.3 is 5.97 Å². The van der Waals surface area contributed by atoms with Gasteiger partial charge in [0.15, 0.2) is 17.1 Å². The van der Waals surface area contributed by atoms with Crippen LogP contribution in [0.3, 0.4) is 0 Å². The molecule has 0 fully saturated rings. The first-order valence-electron chi connectivity index (χ1n) is 8.09. The fourth-order valence-corrected chi connectivity index (χ4v) is 3.62. The zero-order valence-electron chi connectivity index (χ0n) is 14.3. The predicted molar refractivity (Wildman–Crippen MR) is 98.7 cm³/mol. The number of carbonyl (C=O) groups is 1. The number of unbranched alkanes of at least 4 members (excludes halogenated alkanes) is 3. The molecule has 2 rings (SSSR count). The van der Waals surface area contributed by atoms with E-state index in [1.165, 1.54) is 24.2 Å². The van der Waals surface area contributed by atoms with Crippen LogP contribution in [0.4, 0.5) is 0 Å². The molecule has 2 aromatic rings. The third-order valence-electron chi connectivity index (χ3n) is 3.74. The van der Waals surface area contributed by atoms with Gasteiger partial charge in [-0.15, -0.1) is 11.3 Å². The molecule has 0 saturated carbocycles. The summed E-state index contributed by atoms with van der Waals surface area (Å²) in [5.41, 5.74) is -0.580. The van der Waals surface area contributed by atoms with Crippen LogP contribution in [-0.2, 0) is 4.74 Å². The molecule has 0 aliphatic heterocycles. The highest BCUT2D eigenvalue weighted by Gasteiger charge is 2.17. The Balaban J connectivity index is 2.04. The van der Waals surface area contributed by atoms with Crippen LogP contribution in [0.2, 0.25) is 0 Å². The fourth-order valence-electron chi connectivity index (χ4n) is 2.43. The molecule has 0 N–H and O–H groups in total. The van der Waals surface area contributed by atoms with Crippen molar-refractivity contribution < 1.29 is 19.0 Å². The summed E-state index contributed by atoms with van der Waals surface area (Å²) in [6.07, 6.45) is 5.11. The summed E-state index contributed by atoms with van der Waals surface area (Å²) in [5, 5.41) is 0.915. The van der Waals surface area contributed by atoms with E-state index in [1.807, 2.05) is 12.1 Å². The third-order valence-corrected chi connectivity index (χ3v) is 5.13. The zero-order chi connectivity index (χ0) is 17.5. The van der Waals surface area contributed by atoms with Crippen LogP contribution in [0.5, 0.6) is 11.5 Å². The fraction of sp³-hybridized carbons (Fsp3) is 0.500. The summed E-state index contributed by atoms with van der Waals surface area (Å²) in [5.74, 6) is 0.886. The van der Waals surface area contributed by atoms with Crippen LogP contribution in [0.25, 0.3) is 10.1 Å². The van der Waals surface area contributed by atoms with Gasteiger partial charge in [0.05, 0.1) is 14.2 Å². The van der Waals surface area contributed by atoms with Gasteiger partial charge in [0.1, 0.15) is 4.88 Å². The quantitative estimate of drug-likeness (QED) is 0.327. The summed E-state index contributed by atoms with van der Waals surface area (Å²) in [6.45, 7) is 2.16. The molecule has 132 valence electrons. The van der Waals surface area contributed by atoms with Gasteiger partial charge in [0.2, 0.25) is 0 Å². The molecular weight excluding hydrogens is 348 g/mol. The lowest BCUT2D eigenvalue weighted by atomic mass is 10.2. The number of fused-ring (bicyclic) bond motifs is 1. The lowest BCUT2D eigenvalue weighted by Crippen LogP contribution is -2.11. The minimum atomic E-state index is -0.580. The Morgan fingerprint density at radius 1 is 1.12 bits per heavy atom. The van der Waals surface area contributed by atoms with E-state index in [9.17, 15) is 4.79 Å². The maximum Gasteiger partial charge on any atom is 0.349 e. The second-order valence-electron chi connectivity index (χ2n) is 5.52. The van der Waals surface area contributed by atoms with Crippen LogP contribution in [0.1, 0.15) is 48.7 Å². The van der Waals surface area contributed by atoms with Crippen molar-refractivity contribution in [1.29, 1.82) is 0 Å². The topological polar surface area (TPSA) is 44.8 Å². The minimum absolute atomic E-state index is 0.385. The van der Waals surface area contributed by atoms with Gasteiger partial charge in [0, 0.05) is 10.8 Å². The van der Waals surface area contributed by atoms with E-state index in [4.69, 9.17) is 25.8 Å². The van der Waals surface area contributed by atoms with Crippen molar-refractivity contribution in [2.45, 2.75) is 44.6 Å². The molecule has 1 aromatic carbocycles. The highest BCUT2D eigenvalue weighted by Crippen LogP contribution is 2.36. The molecule has 6 heteroatoms. The van der Waals surface area contributed by atoms with Crippen molar-refractivity contribution in [1.82, 2.24) is 0 Å². The van der Waals surface area contributed by atoms with Crippen molar-refractivity contribution in [2.75, 3.05) is 14.2 Å². The largest absolute Gasteiger partial charge is 0.493 e. The van der Waals surface area contributed by atoms with Crippen LogP contribution < -0.4 is 9.47 Å². The molecule has 1 atom stereocenters. The molecule has 1 aromatic heterocycles. The van der Waals surface area contributed by atoms with Crippen LogP contribution >= 0.6 is 22.9 Å². The Hall–Kier alpha value is -1.46. The molecule has 0 aliphatic carbocycles. The molecule has 24 heavy (non-hydrogen) atoms. The Morgan fingerprint density at radius 2 is 1.83 bits per heavy atom. The van der Waals surface area contributed by atoms with E-state index in [-0.39, 0.29) is 5.97 Å². The van der Waals surface area contributed by atoms with Crippen molar-refractivity contribution in [3.05, 3.63) is 23.1 Å². The average Bonchev–Trinajstić information content (AvgIpc) is 3.00. The van der Waals surface area contributed by atoms with Crippen molar-refractivity contribution in [2.24, 2.45) is 0 Å². The number of esters is 1. The first-order chi connectivity index (χ1) is 11.6. The maximum absolute atomic E-state index is 12.3. The van der Waals surface area contributed by atoms with Crippen molar-refractivity contribution in [3.63, 3.8) is 0 Å². The first kappa shape index (κ1) is 18.9. The number of benzene rings is 1. The number of hydrogen-bond acceptors (Lipinski definition) is 5. The molecular formula is C18H23ClO4S. The number of halogens is 1. The zero-order valence-corrected chi connectivity index (χ0v) is 15.8. The average molecular weight is 371 g/mol. The van der Waals surface area contributed by atoms with Crippen LogP contribution in [0.15, 0.2) is 18.2 Å². The molecule has 0 aliphatic rings. The number of alkyl halides is 1. The molecule has 0 amide bonds. The minimum Gasteiger partial charge on any atom is -0.493 e. The number of rotatable bonds is 9. The van der Waals surface area contributed by atoms with Gasteiger partial charge < -0.3 is 14.2 Å². The van der Waals surface area contributed by atoms with Gasteiger partial charge in [-0.3, -0.25) is 0 Å². The molecule has 1 unspecified atom stereocenters. The maximum atomic E-state index is 12.3. The molecule has 1 heterocycles. The Labute approximate surface area is 151 Å². The summed E-state index contributed by atoms with van der Waals surface area (Å²) in [7, 11) is 3.17. The number of hydrogen-bond donors (Lipinski definition) is 0. The lowest BCUT2D eigenvalue weighted by Gasteiger charge is -2.09. The smallest absolute Gasteiger partial charge is 0.349 e. The molecule has 0 bridgehead atoms. The third kappa shape index (κ3) is 4.77. The summed E-state index contributed by atoms with van der Waals surface area (Å²) in [4.78, 5) is 12.8. The highest BCUT2D eigenvalue weighted by molar-refractivity contribution is 7.20. The SMILES string of the molecule is CCCCCCC(Cl)OC(=O)c1cc2cc(OC)c(OC)cc2s1. The van der Waals surface area contributed by atoms with Gasteiger partial charge in [-0.05, 0) is 30.4 Å². The van der Waals surface area contributed by atoms with E-state index in [0.717, 1.165) is 22.9 Å². The van der Waals surface area contributed by atoms with Crippen LogP contribution in [-0.4, -0.2) is 25.8 Å². The van der Waals surface area contributed by atoms with E-state index in [1.54, 1.807) is 20.3 Å². The van der Waals surface area contributed by atoms with E-state index >= 15 is 0 Å². The van der Waals surface area contributed by atoms with Crippen LogP contribution in [0, 0.1) is 0 Å². The number of carbonyl (C=O) groups excluding carboxylic acids is 1. The normalized spacial score (nSPS) is 12.2. The van der Waals surface area contributed by atoms with Gasteiger partial charge in [-0.1, -0.05) is 37.8 Å². The predicted octanol–water partition coefficient (Wildman–Crippen LogP) is 5.61. The van der Waals surface area contributed by atoms with Gasteiger partial charge in [-0.25, -0.2) is 4.79 Å². The molecule has 0 spiro atoms. The standard InChI is InChI=1S/C18H23ClO4S/c1-4-5-6-7-8-17(19)23-18(20)16-10-12-9-13(21-2)14(22-3)11-15(12)24-16/h9-11,17H,4-8H2,1-3H3. The monoisotopic (exact) mass is 370 g/mol.